The summed E-state index contributed by atoms with van der Waals surface area (Å²) in [4.78, 5) is 0. The molecule has 2 aliphatic rings. The standard InChI is InChI=1S/C13H24O2/c1-12(2)8-7-11(15)13(3)9(12)5-4-6-10(13)14/h9-11,14-15H,4-8H2,1-3H3/t9?,10?,11-,13+/m0/s1. The second-order valence-electron chi connectivity index (χ2n) is 6.41. The lowest BCUT2D eigenvalue weighted by Gasteiger charge is -2.57. The Morgan fingerprint density at radius 1 is 0.933 bits per heavy atom. The molecule has 2 heteroatoms. The topological polar surface area (TPSA) is 40.5 Å². The molecule has 0 bridgehead atoms. The number of rotatable bonds is 0. The molecule has 2 N–H and O–H groups in total. The lowest BCUT2D eigenvalue weighted by molar-refractivity contribution is -0.177. The van der Waals surface area contributed by atoms with Crippen LogP contribution in [0, 0.1) is 16.7 Å². The third-order valence-electron chi connectivity index (χ3n) is 5.16. The second-order valence-corrected chi connectivity index (χ2v) is 6.41. The molecule has 0 radical (unpaired) electrons. The molecule has 0 aromatic carbocycles. The van der Waals surface area contributed by atoms with E-state index in [4.69, 9.17) is 0 Å². The van der Waals surface area contributed by atoms with Crippen molar-refractivity contribution >= 4 is 0 Å². The van der Waals surface area contributed by atoms with Gasteiger partial charge in [0, 0.05) is 5.41 Å². The van der Waals surface area contributed by atoms with E-state index in [1.807, 2.05) is 0 Å². The summed E-state index contributed by atoms with van der Waals surface area (Å²) in [6, 6.07) is 0. The fourth-order valence-electron chi connectivity index (χ4n) is 4.05. The Morgan fingerprint density at radius 2 is 1.53 bits per heavy atom. The van der Waals surface area contributed by atoms with Crippen molar-refractivity contribution in [3.8, 4) is 0 Å². The van der Waals surface area contributed by atoms with Crippen LogP contribution in [0.3, 0.4) is 0 Å². The molecule has 0 aromatic rings. The molecule has 88 valence electrons. The molecule has 15 heavy (non-hydrogen) atoms. The number of hydrogen-bond donors (Lipinski definition) is 2. The van der Waals surface area contributed by atoms with E-state index in [-0.39, 0.29) is 23.0 Å². The normalized spacial score (nSPS) is 49.8. The minimum Gasteiger partial charge on any atom is -0.392 e. The Morgan fingerprint density at radius 3 is 2.13 bits per heavy atom. The first-order chi connectivity index (χ1) is 6.89. The molecule has 4 atom stereocenters. The van der Waals surface area contributed by atoms with Crippen LogP contribution in [0.4, 0.5) is 0 Å². The van der Waals surface area contributed by atoms with Gasteiger partial charge in [-0.15, -0.1) is 0 Å². The SMILES string of the molecule is CC1(C)CC[C@H](O)[C@@]2(C)C(O)CCCC12. The Kier molecular flexibility index (Phi) is 2.63. The van der Waals surface area contributed by atoms with Crippen LogP contribution in [0.1, 0.15) is 52.9 Å². The predicted molar refractivity (Wildman–Crippen MR) is 60.5 cm³/mol. The average Bonchev–Trinajstić information content (AvgIpc) is 2.16. The van der Waals surface area contributed by atoms with Crippen LogP contribution >= 0.6 is 0 Å². The number of aliphatic hydroxyl groups is 2. The highest BCUT2D eigenvalue weighted by molar-refractivity contribution is 5.05. The van der Waals surface area contributed by atoms with Crippen molar-refractivity contribution < 1.29 is 10.2 Å². The van der Waals surface area contributed by atoms with Gasteiger partial charge in [0.05, 0.1) is 12.2 Å². The van der Waals surface area contributed by atoms with Crippen LogP contribution in [0.25, 0.3) is 0 Å². The van der Waals surface area contributed by atoms with Gasteiger partial charge in [0.2, 0.25) is 0 Å². The first kappa shape index (κ1) is 11.4. The maximum atomic E-state index is 10.2. The fourth-order valence-corrected chi connectivity index (χ4v) is 4.05. The summed E-state index contributed by atoms with van der Waals surface area (Å²) < 4.78 is 0. The first-order valence-electron chi connectivity index (χ1n) is 6.25. The summed E-state index contributed by atoms with van der Waals surface area (Å²) >= 11 is 0. The molecule has 2 aliphatic carbocycles. The Balaban J connectivity index is 2.34. The highest BCUT2D eigenvalue weighted by Crippen LogP contribution is 2.57. The van der Waals surface area contributed by atoms with Gasteiger partial charge in [-0.2, -0.15) is 0 Å². The van der Waals surface area contributed by atoms with E-state index in [0.717, 1.165) is 32.1 Å². The third-order valence-corrected chi connectivity index (χ3v) is 5.16. The van der Waals surface area contributed by atoms with E-state index in [1.165, 1.54) is 0 Å². The molecule has 0 saturated heterocycles. The molecule has 2 rings (SSSR count). The van der Waals surface area contributed by atoms with Crippen molar-refractivity contribution in [1.82, 2.24) is 0 Å². The summed E-state index contributed by atoms with van der Waals surface area (Å²) in [7, 11) is 0. The van der Waals surface area contributed by atoms with E-state index in [1.54, 1.807) is 0 Å². The van der Waals surface area contributed by atoms with Crippen LogP contribution in [0.5, 0.6) is 0 Å². The van der Waals surface area contributed by atoms with Crippen molar-refractivity contribution in [1.29, 1.82) is 0 Å². The van der Waals surface area contributed by atoms with Crippen molar-refractivity contribution in [3.05, 3.63) is 0 Å². The third kappa shape index (κ3) is 1.53. The van der Waals surface area contributed by atoms with Crippen LogP contribution in [-0.2, 0) is 0 Å². The molecule has 0 aliphatic heterocycles. The quantitative estimate of drug-likeness (QED) is 0.647. The molecule has 0 heterocycles. The molecule has 2 saturated carbocycles. The van der Waals surface area contributed by atoms with Crippen molar-refractivity contribution in [2.75, 3.05) is 0 Å². The van der Waals surface area contributed by atoms with Crippen molar-refractivity contribution in [3.63, 3.8) is 0 Å². The van der Waals surface area contributed by atoms with Gasteiger partial charge in [0.1, 0.15) is 0 Å². The summed E-state index contributed by atoms with van der Waals surface area (Å²) in [5, 5.41) is 20.4. The highest BCUT2D eigenvalue weighted by atomic mass is 16.3. The molecule has 0 spiro atoms. The van der Waals surface area contributed by atoms with Crippen LogP contribution in [0.2, 0.25) is 0 Å². The second kappa shape index (κ2) is 3.46. The van der Waals surface area contributed by atoms with Gasteiger partial charge in [-0.05, 0) is 37.0 Å². The Labute approximate surface area is 92.7 Å². The summed E-state index contributed by atoms with van der Waals surface area (Å²) in [6.07, 6.45) is 4.43. The molecular weight excluding hydrogens is 188 g/mol. The number of fused-ring (bicyclic) bond motifs is 1. The van der Waals surface area contributed by atoms with E-state index >= 15 is 0 Å². The first-order valence-corrected chi connectivity index (χ1v) is 6.25. The summed E-state index contributed by atoms with van der Waals surface area (Å²) in [5.74, 6) is 0.470. The van der Waals surface area contributed by atoms with Gasteiger partial charge in [0.25, 0.3) is 0 Å². The summed E-state index contributed by atoms with van der Waals surface area (Å²) in [6.45, 7) is 6.67. The lowest BCUT2D eigenvalue weighted by Crippen LogP contribution is -2.58. The lowest BCUT2D eigenvalue weighted by atomic mass is 9.50. The maximum Gasteiger partial charge on any atom is 0.0621 e. The van der Waals surface area contributed by atoms with Gasteiger partial charge in [-0.25, -0.2) is 0 Å². The Hall–Kier alpha value is -0.0800. The maximum absolute atomic E-state index is 10.2. The monoisotopic (exact) mass is 212 g/mol. The molecule has 0 aromatic heterocycles. The largest absolute Gasteiger partial charge is 0.392 e. The van der Waals surface area contributed by atoms with E-state index < -0.39 is 0 Å². The molecule has 2 nitrogen and oxygen atoms in total. The fraction of sp³-hybridized carbons (Fsp3) is 1.00. The van der Waals surface area contributed by atoms with E-state index in [9.17, 15) is 10.2 Å². The molecule has 2 unspecified atom stereocenters. The Bertz CT molecular complexity index is 243. The highest BCUT2D eigenvalue weighted by Gasteiger charge is 2.55. The van der Waals surface area contributed by atoms with Crippen LogP contribution in [-0.4, -0.2) is 22.4 Å². The zero-order chi connectivity index (χ0) is 11.3. The molecular formula is C13H24O2. The van der Waals surface area contributed by atoms with E-state index in [2.05, 4.69) is 20.8 Å². The van der Waals surface area contributed by atoms with Gasteiger partial charge in [0.15, 0.2) is 0 Å². The summed E-state index contributed by atoms with van der Waals surface area (Å²) in [5.41, 5.74) is 0.00931. The van der Waals surface area contributed by atoms with Gasteiger partial charge in [-0.1, -0.05) is 27.2 Å². The van der Waals surface area contributed by atoms with Crippen LogP contribution < -0.4 is 0 Å². The predicted octanol–water partition coefficient (Wildman–Crippen LogP) is 2.33. The smallest absolute Gasteiger partial charge is 0.0621 e. The van der Waals surface area contributed by atoms with E-state index in [0.29, 0.717) is 5.92 Å². The minimum absolute atomic E-state index is 0.264. The molecule has 0 amide bonds. The zero-order valence-electron chi connectivity index (χ0n) is 10.2. The average molecular weight is 212 g/mol. The van der Waals surface area contributed by atoms with Crippen molar-refractivity contribution in [2.45, 2.75) is 65.1 Å². The van der Waals surface area contributed by atoms with Gasteiger partial charge in [-0.3, -0.25) is 0 Å². The van der Waals surface area contributed by atoms with Gasteiger partial charge >= 0.3 is 0 Å². The minimum atomic E-state index is -0.314. The zero-order valence-corrected chi connectivity index (χ0v) is 10.2. The number of hydrogen-bond acceptors (Lipinski definition) is 2. The molecule has 2 fully saturated rings. The van der Waals surface area contributed by atoms with Gasteiger partial charge < -0.3 is 10.2 Å². The van der Waals surface area contributed by atoms with Crippen molar-refractivity contribution in [2.24, 2.45) is 16.7 Å². The number of aliphatic hydroxyl groups excluding tert-OH is 2. The van der Waals surface area contributed by atoms with Crippen LogP contribution in [0.15, 0.2) is 0 Å².